The van der Waals surface area contributed by atoms with Crippen molar-refractivity contribution in [1.82, 2.24) is 4.57 Å². The Morgan fingerprint density at radius 2 is 2.00 bits per heavy atom. The molecule has 1 aromatic heterocycles. The van der Waals surface area contributed by atoms with E-state index < -0.39 is 0 Å². The van der Waals surface area contributed by atoms with Crippen LogP contribution in [0.15, 0.2) is 46.9 Å². The molecule has 0 unspecified atom stereocenters. The van der Waals surface area contributed by atoms with Gasteiger partial charge in [-0.05, 0) is 23.8 Å². The van der Waals surface area contributed by atoms with E-state index in [1.807, 2.05) is 30.8 Å². The lowest BCUT2D eigenvalue weighted by Gasteiger charge is -2.01. The number of nitrogens with zero attached hydrogens (tertiary/aromatic N) is 2. The summed E-state index contributed by atoms with van der Waals surface area (Å²) in [6.07, 6.45) is 4.96. The second-order valence-corrected chi connectivity index (χ2v) is 5.26. The molecule has 1 heterocycles. The molecule has 0 aliphatic carbocycles. The van der Waals surface area contributed by atoms with Crippen molar-refractivity contribution in [3.63, 3.8) is 0 Å². The van der Waals surface area contributed by atoms with Crippen molar-refractivity contribution in [2.24, 2.45) is 12.0 Å². The number of benzene rings is 1. The van der Waals surface area contributed by atoms with Crippen LogP contribution in [0.1, 0.15) is 12.5 Å². The largest absolute Gasteiger partial charge is 0.327 e. The second-order valence-electron chi connectivity index (χ2n) is 4.38. The molecule has 2 aromatic rings. The maximum Gasteiger partial charge on any atom is 0.272 e. The average Bonchev–Trinajstić information content (AvgIpc) is 2.83. The van der Waals surface area contributed by atoms with Crippen molar-refractivity contribution in [1.29, 1.82) is 0 Å². The van der Waals surface area contributed by atoms with Crippen LogP contribution in [0.5, 0.6) is 0 Å². The molecule has 108 valence electrons. The molecule has 0 radical (unpaired) electrons. The first-order valence-corrected chi connectivity index (χ1v) is 7.17. The van der Waals surface area contributed by atoms with Gasteiger partial charge >= 0.3 is 0 Å². The van der Waals surface area contributed by atoms with Crippen LogP contribution >= 0.6 is 11.3 Å². The molecular weight excluding hydrogens is 286 g/mol. The van der Waals surface area contributed by atoms with Gasteiger partial charge in [-0.3, -0.25) is 9.59 Å². The normalized spacial score (nSPS) is 11.8. The van der Waals surface area contributed by atoms with Gasteiger partial charge in [0, 0.05) is 37.3 Å². The van der Waals surface area contributed by atoms with Crippen LogP contribution in [-0.4, -0.2) is 16.4 Å². The number of hydrogen-bond acceptors (Lipinski definition) is 3. The Bertz CT molecular complexity index is 739. The number of carbonyl (C=O) groups excluding carboxylic acids is 2. The third kappa shape index (κ3) is 4.54. The summed E-state index contributed by atoms with van der Waals surface area (Å²) in [4.78, 5) is 27.3. The molecule has 5 nitrogen and oxygen atoms in total. The molecule has 0 saturated carbocycles. The van der Waals surface area contributed by atoms with E-state index in [2.05, 4.69) is 10.3 Å². The van der Waals surface area contributed by atoms with Crippen LogP contribution in [0.3, 0.4) is 0 Å². The summed E-state index contributed by atoms with van der Waals surface area (Å²) in [5.41, 5.74) is 1.59. The lowest BCUT2D eigenvalue weighted by Crippen LogP contribution is -2.11. The van der Waals surface area contributed by atoms with Gasteiger partial charge in [-0.25, -0.2) is 0 Å². The van der Waals surface area contributed by atoms with Gasteiger partial charge in [0.25, 0.3) is 5.91 Å². The molecule has 2 amide bonds. The highest BCUT2D eigenvalue weighted by Crippen LogP contribution is 2.10. The first-order valence-electron chi connectivity index (χ1n) is 6.29. The lowest BCUT2D eigenvalue weighted by atomic mass is 10.2. The monoisotopic (exact) mass is 301 g/mol. The van der Waals surface area contributed by atoms with E-state index in [9.17, 15) is 9.59 Å². The zero-order valence-corrected chi connectivity index (χ0v) is 12.6. The molecule has 1 N–H and O–H groups in total. The molecule has 2 rings (SSSR count). The first-order chi connectivity index (χ1) is 10.0. The highest BCUT2D eigenvalue weighted by atomic mass is 32.1. The molecule has 0 bridgehead atoms. The molecule has 0 fully saturated rings. The molecule has 6 heteroatoms. The summed E-state index contributed by atoms with van der Waals surface area (Å²) in [5, 5.41) is 4.55. The summed E-state index contributed by atoms with van der Waals surface area (Å²) < 4.78 is 1.79. The van der Waals surface area contributed by atoms with E-state index in [1.165, 1.54) is 24.3 Å². The molecule has 1 aromatic carbocycles. The van der Waals surface area contributed by atoms with Gasteiger partial charge in [0.2, 0.25) is 5.91 Å². The SMILES string of the molecule is CC(=O)Nc1ccc(/C=C/C(=O)N=c2sccn2C)cc1. The van der Waals surface area contributed by atoms with Crippen molar-refractivity contribution < 1.29 is 9.59 Å². The Morgan fingerprint density at radius 3 is 2.57 bits per heavy atom. The third-order valence-corrected chi connectivity index (χ3v) is 3.46. The maximum atomic E-state index is 11.7. The van der Waals surface area contributed by atoms with E-state index in [4.69, 9.17) is 0 Å². The fourth-order valence-electron chi connectivity index (χ4n) is 1.61. The Hall–Kier alpha value is -2.47. The molecular formula is C15H15N3O2S. The third-order valence-electron chi connectivity index (χ3n) is 2.61. The van der Waals surface area contributed by atoms with E-state index in [0.29, 0.717) is 4.80 Å². The van der Waals surface area contributed by atoms with Crippen LogP contribution in [0, 0.1) is 0 Å². The second kappa shape index (κ2) is 6.81. The van der Waals surface area contributed by atoms with Crippen molar-refractivity contribution in [3.05, 3.63) is 52.3 Å². The van der Waals surface area contributed by atoms with Crippen LogP contribution in [0.25, 0.3) is 6.08 Å². The van der Waals surface area contributed by atoms with Gasteiger partial charge in [-0.1, -0.05) is 12.1 Å². The Balaban J connectivity index is 2.06. The zero-order valence-electron chi connectivity index (χ0n) is 11.7. The van der Waals surface area contributed by atoms with Crippen molar-refractivity contribution in [2.75, 3.05) is 5.32 Å². The van der Waals surface area contributed by atoms with Crippen LogP contribution in [0.2, 0.25) is 0 Å². The topological polar surface area (TPSA) is 63.5 Å². The number of rotatable bonds is 3. The first kappa shape index (κ1) is 14.9. The summed E-state index contributed by atoms with van der Waals surface area (Å²) in [5.74, 6) is -0.421. The van der Waals surface area contributed by atoms with E-state index >= 15 is 0 Å². The van der Waals surface area contributed by atoms with Gasteiger partial charge in [-0.2, -0.15) is 4.99 Å². The number of aromatic nitrogens is 1. The minimum Gasteiger partial charge on any atom is -0.327 e. The average molecular weight is 301 g/mol. The predicted octanol–water partition coefficient (Wildman–Crippen LogP) is 2.19. The minimum atomic E-state index is -0.306. The fourth-order valence-corrected chi connectivity index (χ4v) is 2.35. The van der Waals surface area contributed by atoms with Crippen LogP contribution in [-0.2, 0) is 16.6 Å². The van der Waals surface area contributed by atoms with Gasteiger partial charge in [0.05, 0.1) is 0 Å². The van der Waals surface area contributed by atoms with E-state index in [0.717, 1.165) is 11.3 Å². The van der Waals surface area contributed by atoms with Gasteiger partial charge in [-0.15, -0.1) is 11.3 Å². The van der Waals surface area contributed by atoms with Gasteiger partial charge < -0.3 is 9.88 Å². The summed E-state index contributed by atoms with van der Waals surface area (Å²) >= 11 is 1.41. The van der Waals surface area contributed by atoms with Crippen LogP contribution < -0.4 is 10.1 Å². The number of amides is 2. The molecule has 0 aliphatic rings. The fraction of sp³-hybridized carbons (Fsp3) is 0.133. The molecule has 21 heavy (non-hydrogen) atoms. The molecule has 0 aliphatic heterocycles. The van der Waals surface area contributed by atoms with Gasteiger partial charge in [0.1, 0.15) is 0 Å². The summed E-state index contributed by atoms with van der Waals surface area (Å²) in [6.45, 7) is 1.46. The van der Waals surface area contributed by atoms with Crippen LogP contribution in [0.4, 0.5) is 5.69 Å². The van der Waals surface area contributed by atoms with E-state index in [-0.39, 0.29) is 11.8 Å². The lowest BCUT2D eigenvalue weighted by molar-refractivity contribution is -0.114. The number of aryl methyl sites for hydroxylation is 1. The van der Waals surface area contributed by atoms with E-state index in [1.54, 1.807) is 22.8 Å². The standard InChI is InChI=1S/C15H15N3O2S/c1-11(19)16-13-6-3-12(4-7-13)5-8-14(20)17-15-18(2)9-10-21-15/h3-10H,1-2H3,(H,16,19)/b8-5+,17-15?. The Labute approximate surface area is 126 Å². The predicted molar refractivity (Wildman–Crippen MR) is 83.6 cm³/mol. The molecule has 0 atom stereocenters. The number of anilines is 1. The quantitative estimate of drug-likeness (QED) is 0.883. The Kier molecular flexibility index (Phi) is 4.84. The molecule has 0 saturated heterocycles. The van der Waals surface area contributed by atoms with Gasteiger partial charge in [0.15, 0.2) is 4.80 Å². The summed E-state index contributed by atoms with van der Waals surface area (Å²) in [7, 11) is 1.84. The number of thiazole rings is 1. The number of carbonyl (C=O) groups is 2. The highest BCUT2D eigenvalue weighted by Gasteiger charge is 1.96. The zero-order chi connectivity index (χ0) is 15.2. The smallest absolute Gasteiger partial charge is 0.272 e. The van der Waals surface area contributed by atoms with Crippen molar-refractivity contribution in [3.8, 4) is 0 Å². The van der Waals surface area contributed by atoms with Crippen molar-refractivity contribution >= 4 is 34.9 Å². The summed E-state index contributed by atoms with van der Waals surface area (Å²) in [6, 6.07) is 7.20. The minimum absolute atomic E-state index is 0.115. The highest BCUT2D eigenvalue weighted by molar-refractivity contribution is 7.07. The van der Waals surface area contributed by atoms with Crippen molar-refractivity contribution in [2.45, 2.75) is 6.92 Å². The number of nitrogens with one attached hydrogen (secondary N) is 1. The number of hydrogen-bond donors (Lipinski definition) is 1. The maximum absolute atomic E-state index is 11.7. The Morgan fingerprint density at radius 1 is 1.29 bits per heavy atom. The molecule has 0 spiro atoms.